The number of aromatic nitrogens is 1. The molecule has 1 fully saturated rings. The third-order valence-corrected chi connectivity index (χ3v) is 4.75. The van der Waals surface area contributed by atoms with E-state index in [0.717, 1.165) is 43.2 Å². The van der Waals surface area contributed by atoms with E-state index in [1.54, 1.807) is 26.6 Å². The highest BCUT2D eigenvalue weighted by atomic mass is 16.5. The number of hydrogen-bond acceptors (Lipinski definition) is 5. The number of methoxy groups -OCH3 is 2. The van der Waals surface area contributed by atoms with Gasteiger partial charge in [0.1, 0.15) is 0 Å². The Morgan fingerprint density at radius 3 is 2.88 bits per heavy atom. The summed E-state index contributed by atoms with van der Waals surface area (Å²) in [5.74, 6) is 1.98. The fourth-order valence-electron chi connectivity index (χ4n) is 3.44. The van der Waals surface area contributed by atoms with E-state index in [1.165, 1.54) is 5.56 Å². The molecule has 1 N–H and O–H groups in total. The van der Waals surface area contributed by atoms with Gasteiger partial charge in [0, 0.05) is 37.2 Å². The van der Waals surface area contributed by atoms with Crippen LogP contribution in [0.3, 0.4) is 0 Å². The molecule has 0 aliphatic carbocycles. The maximum Gasteiger partial charge on any atom is 0.225 e. The van der Waals surface area contributed by atoms with Crippen molar-refractivity contribution in [2.24, 2.45) is 0 Å². The van der Waals surface area contributed by atoms with E-state index < -0.39 is 0 Å². The van der Waals surface area contributed by atoms with Crippen molar-refractivity contribution in [3.8, 4) is 11.5 Å². The lowest BCUT2D eigenvalue weighted by Gasteiger charge is -2.18. The number of benzene rings is 1. The molecule has 138 valence electrons. The molecule has 6 heteroatoms. The third kappa shape index (κ3) is 4.32. The van der Waals surface area contributed by atoms with Crippen molar-refractivity contribution < 1.29 is 14.3 Å². The minimum atomic E-state index is 0.0143. The molecule has 0 unspecified atom stereocenters. The molecule has 1 atom stereocenters. The summed E-state index contributed by atoms with van der Waals surface area (Å²) in [4.78, 5) is 18.4. The standard InChI is InChI=1S/C20H25N3O3/c1-25-18-7-3-6-17(20(18)26-2)15-8-11-23(14-15)12-9-19(24)22-16-5-4-10-21-13-16/h3-7,10,13,15H,8-9,11-12,14H2,1-2H3,(H,22,24)/t15-/m0/s1. The van der Waals surface area contributed by atoms with Crippen molar-refractivity contribution in [3.63, 3.8) is 0 Å². The van der Waals surface area contributed by atoms with Crippen molar-refractivity contribution in [1.82, 2.24) is 9.88 Å². The SMILES string of the molecule is COc1cccc([C@H]2CCN(CCC(=O)Nc3cccnc3)C2)c1OC. The number of hydrogen-bond donors (Lipinski definition) is 1. The molecule has 1 aliphatic heterocycles. The molecule has 26 heavy (non-hydrogen) atoms. The van der Waals surface area contributed by atoms with Gasteiger partial charge in [-0.3, -0.25) is 9.78 Å². The molecule has 2 aromatic rings. The van der Waals surface area contributed by atoms with Gasteiger partial charge in [-0.2, -0.15) is 0 Å². The van der Waals surface area contributed by atoms with Crippen LogP contribution in [-0.4, -0.2) is 49.6 Å². The van der Waals surface area contributed by atoms with Gasteiger partial charge in [0.25, 0.3) is 0 Å². The monoisotopic (exact) mass is 355 g/mol. The average molecular weight is 355 g/mol. The number of nitrogens with zero attached hydrogens (tertiary/aromatic N) is 2. The predicted octanol–water partition coefficient (Wildman–Crippen LogP) is 2.92. The van der Waals surface area contributed by atoms with Gasteiger partial charge in [0.15, 0.2) is 11.5 Å². The number of para-hydroxylation sites is 1. The normalized spacial score (nSPS) is 17.1. The van der Waals surface area contributed by atoms with Crippen molar-refractivity contribution >= 4 is 11.6 Å². The van der Waals surface area contributed by atoms with Crippen LogP contribution in [0.15, 0.2) is 42.7 Å². The fourth-order valence-corrected chi connectivity index (χ4v) is 3.44. The number of rotatable bonds is 7. The molecule has 0 radical (unpaired) electrons. The zero-order chi connectivity index (χ0) is 18.4. The first kappa shape index (κ1) is 18.2. The van der Waals surface area contributed by atoms with Gasteiger partial charge in [-0.05, 0) is 31.2 Å². The summed E-state index contributed by atoms with van der Waals surface area (Å²) in [6, 6.07) is 9.66. The molecule has 1 saturated heterocycles. The molecule has 0 saturated carbocycles. The van der Waals surface area contributed by atoms with Gasteiger partial charge in [-0.25, -0.2) is 0 Å². The van der Waals surface area contributed by atoms with Gasteiger partial charge >= 0.3 is 0 Å². The molecule has 0 spiro atoms. The largest absolute Gasteiger partial charge is 0.493 e. The molecule has 1 aromatic carbocycles. The van der Waals surface area contributed by atoms with Crippen LogP contribution in [0.4, 0.5) is 5.69 Å². The fraction of sp³-hybridized carbons (Fsp3) is 0.400. The lowest BCUT2D eigenvalue weighted by Crippen LogP contribution is -2.25. The number of carbonyl (C=O) groups is 1. The van der Waals surface area contributed by atoms with E-state index in [0.29, 0.717) is 12.3 Å². The zero-order valence-electron chi connectivity index (χ0n) is 15.3. The van der Waals surface area contributed by atoms with Crippen LogP contribution in [0.5, 0.6) is 11.5 Å². The molecule has 3 rings (SSSR count). The Hall–Kier alpha value is -2.60. The van der Waals surface area contributed by atoms with Crippen LogP contribution in [0, 0.1) is 0 Å². The summed E-state index contributed by atoms with van der Waals surface area (Å²) >= 11 is 0. The van der Waals surface area contributed by atoms with Crippen LogP contribution in [-0.2, 0) is 4.79 Å². The van der Waals surface area contributed by atoms with Crippen molar-refractivity contribution in [2.75, 3.05) is 39.2 Å². The van der Waals surface area contributed by atoms with Gasteiger partial charge in [0.2, 0.25) is 5.91 Å². The second kappa shape index (κ2) is 8.67. The lowest BCUT2D eigenvalue weighted by atomic mass is 9.97. The molecule has 1 amide bonds. The van der Waals surface area contributed by atoms with Gasteiger partial charge in [-0.15, -0.1) is 0 Å². The number of amides is 1. The summed E-state index contributed by atoms with van der Waals surface area (Å²) < 4.78 is 11.0. The number of likely N-dealkylation sites (tertiary alicyclic amines) is 1. The third-order valence-electron chi connectivity index (χ3n) is 4.75. The zero-order valence-corrected chi connectivity index (χ0v) is 15.3. The van der Waals surface area contributed by atoms with Crippen LogP contribution < -0.4 is 14.8 Å². The highest BCUT2D eigenvalue weighted by molar-refractivity contribution is 5.90. The highest BCUT2D eigenvalue weighted by Crippen LogP contribution is 2.39. The Labute approximate surface area is 154 Å². The number of pyridine rings is 1. The Balaban J connectivity index is 1.54. The minimum absolute atomic E-state index is 0.0143. The second-order valence-electron chi connectivity index (χ2n) is 6.41. The predicted molar refractivity (Wildman–Crippen MR) is 101 cm³/mol. The van der Waals surface area contributed by atoms with E-state index in [9.17, 15) is 4.79 Å². The molecule has 6 nitrogen and oxygen atoms in total. The van der Waals surface area contributed by atoms with Crippen LogP contribution in [0.1, 0.15) is 24.3 Å². The first-order chi connectivity index (χ1) is 12.7. The van der Waals surface area contributed by atoms with Crippen LogP contribution in [0.25, 0.3) is 0 Å². The van der Waals surface area contributed by atoms with Crippen LogP contribution in [0.2, 0.25) is 0 Å². The molecular weight excluding hydrogens is 330 g/mol. The molecule has 0 bridgehead atoms. The molecular formula is C20H25N3O3. The lowest BCUT2D eigenvalue weighted by molar-refractivity contribution is -0.116. The van der Waals surface area contributed by atoms with Crippen LogP contribution >= 0.6 is 0 Å². The van der Waals surface area contributed by atoms with E-state index in [2.05, 4.69) is 21.3 Å². The topological polar surface area (TPSA) is 63.7 Å². The number of carbonyl (C=O) groups excluding carboxylic acids is 1. The Morgan fingerprint density at radius 1 is 1.27 bits per heavy atom. The summed E-state index contributed by atoms with van der Waals surface area (Å²) in [7, 11) is 3.33. The van der Waals surface area contributed by atoms with Gasteiger partial charge < -0.3 is 19.7 Å². The summed E-state index contributed by atoms with van der Waals surface area (Å²) in [5.41, 5.74) is 1.91. The minimum Gasteiger partial charge on any atom is -0.493 e. The van der Waals surface area contributed by atoms with E-state index in [1.807, 2.05) is 24.3 Å². The summed E-state index contributed by atoms with van der Waals surface area (Å²) in [6.07, 6.45) is 4.86. The van der Waals surface area contributed by atoms with Crippen molar-refractivity contribution in [1.29, 1.82) is 0 Å². The average Bonchev–Trinajstić information content (AvgIpc) is 3.15. The first-order valence-electron chi connectivity index (χ1n) is 8.84. The maximum atomic E-state index is 12.1. The number of ether oxygens (including phenoxy) is 2. The van der Waals surface area contributed by atoms with E-state index in [-0.39, 0.29) is 5.91 Å². The summed E-state index contributed by atoms with van der Waals surface area (Å²) in [6.45, 7) is 2.64. The second-order valence-corrected chi connectivity index (χ2v) is 6.41. The first-order valence-corrected chi connectivity index (χ1v) is 8.84. The van der Waals surface area contributed by atoms with Crippen molar-refractivity contribution in [3.05, 3.63) is 48.3 Å². The van der Waals surface area contributed by atoms with E-state index in [4.69, 9.17) is 9.47 Å². The Bertz CT molecular complexity index is 736. The smallest absolute Gasteiger partial charge is 0.225 e. The number of nitrogens with one attached hydrogen (secondary N) is 1. The molecule has 1 aliphatic rings. The quantitative estimate of drug-likeness (QED) is 0.827. The van der Waals surface area contributed by atoms with Gasteiger partial charge in [0.05, 0.1) is 26.1 Å². The van der Waals surface area contributed by atoms with Gasteiger partial charge in [-0.1, -0.05) is 12.1 Å². The molecule has 2 heterocycles. The van der Waals surface area contributed by atoms with E-state index >= 15 is 0 Å². The number of anilines is 1. The Kier molecular flexibility index (Phi) is 6.07. The summed E-state index contributed by atoms with van der Waals surface area (Å²) in [5, 5.41) is 2.88. The molecule has 1 aromatic heterocycles. The van der Waals surface area contributed by atoms with Crippen molar-refractivity contribution in [2.45, 2.75) is 18.8 Å². The highest BCUT2D eigenvalue weighted by Gasteiger charge is 2.27. The Morgan fingerprint density at radius 2 is 2.15 bits per heavy atom. The maximum absolute atomic E-state index is 12.1.